The molecule has 0 saturated carbocycles. The maximum Gasteiger partial charge on any atom is 0.391 e. The molecule has 0 aromatic carbocycles. The lowest BCUT2D eigenvalue weighted by molar-refractivity contribution is -0.182. The molecular formula is C11H19F3N2O2S. The van der Waals surface area contributed by atoms with Crippen LogP contribution in [0.15, 0.2) is 0 Å². The van der Waals surface area contributed by atoms with Crippen molar-refractivity contribution in [3.63, 3.8) is 0 Å². The molecule has 1 atom stereocenters. The van der Waals surface area contributed by atoms with Crippen LogP contribution < -0.4 is 5.32 Å². The zero-order valence-electron chi connectivity index (χ0n) is 10.6. The van der Waals surface area contributed by atoms with Crippen LogP contribution >= 0.6 is 0 Å². The average Bonchev–Trinajstić information content (AvgIpc) is 2.39. The van der Waals surface area contributed by atoms with Crippen LogP contribution in [0.1, 0.15) is 25.7 Å². The Morgan fingerprint density at radius 1 is 1.11 bits per heavy atom. The lowest BCUT2D eigenvalue weighted by Crippen LogP contribution is -2.49. The van der Waals surface area contributed by atoms with Gasteiger partial charge in [0.05, 0.1) is 11.2 Å². The van der Waals surface area contributed by atoms with Gasteiger partial charge in [0.1, 0.15) is 0 Å². The molecule has 0 bridgehead atoms. The van der Waals surface area contributed by atoms with Gasteiger partial charge < -0.3 is 5.32 Å². The number of sulfonamides is 1. The van der Waals surface area contributed by atoms with Gasteiger partial charge in [0, 0.05) is 19.6 Å². The number of rotatable bonds is 2. The highest BCUT2D eigenvalue weighted by molar-refractivity contribution is 7.89. The third-order valence-corrected chi connectivity index (χ3v) is 6.28. The van der Waals surface area contributed by atoms with E-state index in [-0.39, 0.29) is 25.9 Å². The van der Waals surface area contributed by atoms with E-state index in [1.807, 2.05) is 0 Å². The van der Waals surface area contributed by atoms with Crippen LogP contribution in [0, 0.1) is 5.92 Å². The second-order valence-electron chi connectivity index (χ2n) is 5.23. The topological polar surface area (TPSA) is 49.4 Å². The molecule has 112 valence electrons. The molecule has 1 unspecified atom stereocenters. The maximum atomic E-state index is 12.5. The van der Waals surface area contributed by atoms with Crippen molar-refractivity contribution in [3.05, 3.63) is 0 Å². The van der Waals surface area contributed by atoms with Crippen LogP contribution in [0.3, 0.4) is 0 Å². The van der Waals surface area contributed by atoms with E-state index in [1.54, 1.807) is 0 Å². The van der Waals surface area contributed by atoms with E-state index < -0.39 is 27.4 Å². The fourth-order valence-electron chi connectivity index (χ4n) is 2.72. The Morgan fingerprint density at radius 3 is 2.21 bits per heavy atom. The van der Waals surface area contributed by atoms with E-state index in [4.69, 9.17) is 0 Å². The molecule has 8 heteroatoms. The fourth-order valence-corrected chi connectivity index (χ4v) is 4.66. The Bertz CT molecular complexity index is 397. The summed E-state index contributed by atoms with van der Waals surface area (Å²) in [6, 6.07) is 0. The van der Waals surface area contributed by atoms with Crippen molar-refractivity contribution in [2.75, 3.05) is 26.2 Å². The summed E-state index contributed by atoms with van der Waals surface area (Å²) in [4.78, 5) is 0. The van der Waals surface area contributed by atoms with Gasteiger partial charge in [-0.15, -0.1) is 0 Å². The summed E-state index contributed by atoms with van der Waals surface area (Å²) in [6.45, 7) is 1.19. The monoisotopic (exact) mass is 300 g/mol. The minimum absolute atomic E-state index is 0.0109. The van der Waals surface area contributed by atoms with Gasteiger partial charge in [-0.25, -0.2) is 12.7 Å². The minimum atomic E-state index is -4.21. The molecule has 2 fully saturated rings. The second kappa shape index (κ2) is 5.57. The normalized spacial score (nSPS) is 28.5. The fraction of sp³-hybridized carbons (Fsp3) is 1.00. The molecule has 0 aliphatic carbocycles. The predicted octanol–water partition coefficient (Wildman–Crippen LogP) is 1.34. The zero-order valence-corrected chi connectivity index (χ0v) is 11.4. The molecule has 0 aromatic heterocycles. The van der Waals surface area contributed by atoms with Crippen LogP contribution in [-0.4, -0.2) is 50.3 Å². The van der Waals surface area contributed by atoms with E-state index in [0.717, 1.165) is 13.0 Å². The van der Waals surface area contributed by atoms with Gasteiger partial charge in [0.2, 0.25) is 10.0 Å². The third kappa shape index (κ3) is 3.41. The van der Waals surface area contributed by atoms with Gasteiger partial charge in [0.25, 0.3) is 0 Å². The van der Waals surface area contributed by atoms with E-state index in [1.165, 1.54) is 4.31 Å². The summed E-state index contributed by atoms with van der Waals surface area (Å²) in [5.41, 5.74) is 0. The van der Waals surface area contributed by atoms with E-state index in [2.05, 4.69) is 5.32 Å². The van der Waals surface area contributed by atoms with Crippen LogP contribution in [0.5, 0.6) is 0 Å². The largest absolute Gasteiger partial charge is 0.391 e. The highest BCUT2D eigenvalue weighted by Crippen LogP contribution is 2.35. The van der Waals surface area contributed by atoms with Crippen LogP contribution in [0.2, 0.25) is 0 Å². The molecule has 4 nitrogen and oxygen atoms in total. The molecule has 2 rings (SSSR count). The van der Waals surface area contributed by atoms with Gasteiger partial charge in [-0.1, -0.05) is 0 Å². The zero-order chi connectivity index (χ0) is 14.1. The Kier molecular flexibility index (Phi) is 4.42. The standard InChI is InChI=1S/C11H19F3N2O2S/c12-11(13,14)9-3-6-16(7-4-9)19(17,18)10-2-1-5-15-8-10/h9-10,15H,1-8H2. The highest BCUT2D eigenvalue weighted by Gasteiger charge is 2.44. The molecule has 2 aliphatic rings. The first-order valence-corrected chi connectivity index (χ1v) is 8.08. The smallest absolute Gasteiger partial charge is 0.315 e. The van der Waals surface area contributed by atoms with Crippen molar-refractivity contribution in [1.29, 1.82) is 0 Å². The average molecular weight is 300 g/mol. The molecule has 2 aliphatic heterocycles. The Hall–Kier alpha value is -0.340. The van der Waals surface area contributed by atoms with Crippen LogP contribution in [0.4, 0.5) is 13.2 Å². The van der Waals surface area contributed by atoms with Crippen molar-refractivity contribution in [2.24, 2.45) is 5.92 Å². The first-order chi connectivity index (χ1) is 8.82. The van der Waals surface area contributed by atoms with E-state index in [9.17, 15) is 21.6 Å². The molecule has 0 radical (unpaired) electrons. The van der Waals surface area contributed by atoms with E-state index in [0.29, 0.717) is 13.0 Å². The quantitative estimate of drug-likeness (QED) is 0.837. The third-order valence-electron chi connectivity index (χ3n) is 3.95. The van der Waals surface area contributed by atoms with Crippen molar-refractivity contribution >= 4 is 10.0 Å². The van der Waals surface area contributed by atoms with Gasteiger partial charge in [-0.05, 0) is 32.2 Å². The lowest BCUT2D eigenvalue weighted by atomic mass is 9.98. The van der Waals surface area contributed by atoms with Gasteiger partial charge >= 0.3 is 6.18 Å². The Morgan fingerprint density at radius 2 is 1.74 bits per heavy atom. The van der Waals surface area contributed by atoms with Crippen molar-refractivity contribution in [1.82, 2.24) is 9.62 Å². The van der Waals surface area contributed by atoms with Crippen LogP contribution in [-0.2, 0) is 10.0 Å². The van der Waals surface area contributed by atoms with Crippen LogP contribution in [0.25, 0.3) is 0 Å². The van der Waals surface area contributed by atoms with Crippen molar-refractivity contribution < 1.29 is 21.6 Å². The van der Waals surface area contributed by atoms with Gasteiger partial charge in [0.15, 0.2) is 0 Å². The lowest BCUT2D eigenvalue weighted by Gasteiger charge is -2.35. The number of halogens is 3. The number of piperidine rings is 2. The molecule has 2 heterocycles. The minimum Gasteiger partial charge on any atom is -0.315 e. The summed E-state index contributed by atoms with van der Waals surface area (Å²) in [6.07, 6.45) is -3.06. The summed E-state index contributed by atoms with van der Waals surface area (Å²) in [5, 5.41) is 2.54. The molecular weight excluding hydrogens is 281 g/mol. The predicted molar refractivity (Wildman–Crippen MR) is 65.2 cm³/mol. The summed E-state index contributed by atoms with van der Waals surface area (Å²) < 4.78 is 63.5. The Labute approximate surface area is 111 Å². The maximum absolute atomic E-state index is 12.5. The number of nitrogens with zero attached hydrogens (tertiary/aromatic N) is 1. The van der Waals surface area contributed by atoms with Crippen molar-refractivity contribution in [3.8, 4) is 0 Å². The SMILES string of the molecule is O=S(=O)(C1CCCNC1)N1CCC(C(F)(F)F)CC1. The number of alkyl halides is 3. The molecule has 0 amide bonds. The molecule has 19 heavy (non-hydrogen) atoms. The molecule has 0 aromatic rings. The first kappa shape index (κ1) is 15.1. The number of hydrogen-bond acceptors (Lipinski definition) is 3. The van der Waals surface area contributed by atoms with Gasteiger partial charge in [-0.3, -0.25) is 0 Å². The number of hydrogen-bond donors (Lipinski definition) is 1. The molecule has 0 spiro atoms. The Balaban J connectivity index is 1.96. The first-order valence-electron chi connectivity index (χ1n) is 6.58. The highest BCUT2D eigenvalue weighted by atomic mass is 32.2. The summed E-state index contributed by atoms with van der Waals surface area (Å²) in [7, 11) is -3.45. The molecule has 2 saturated heterocycles. The second-order valence-corrected chi connectivity index (χ2v) is 7.44. The van der Waals surface area contributed by atoms with Crippen molar-refractivity contribution in [2.45, 2.75) is 37.1 Å². The summed E-state index contributed by atoms with van der Waals surface area (Å²) >= 11 is 0. The number of nitrogens with one attached hydrogen (secondary N) is 1. The van der Waals surface area contributed by atoms with E-state index >= 15 is 0 Å². The van der Waals surface area contributed by atoms with Gasteiger partial charge in [-0.2, -0.15) is 13.2 Å². The summed E-state index contributed by atoms with van der Waals surface area (Å²) in [5.74, 6) is -1.36. The molecule has 1 N–H and O–H groups in total.